The Bertz CT molecular complexity index is 1180. The van der Waals surface area contributed by atoms with Crippen molar-refractivity contribution in [3.8, 4) is 0 Å². The van der Waals surface area contributed by atoms with Crippen LogP contribution in [0.3, 0.4) is 0 Å². The van der Waals surface area contributed by atoms with Gasteiger partial charge in [0.2, 0.25) is 15.0 Å². The summed E-state index contributed by atoms with van der Waals surface area (Å²) in [7, 11) is -3.58. The third-order valence-electron chi connectivity index (χ3n) is 5.47. The van der Waals surface area contributed by atoms with E-state index in [1.807, 2.05) is 12.1 Å². The average molecular weight is 443 g/mol. The average Bonchev–Trinajstić information content (AvgIpc) is 3.18. The van der Waals surface area contributed by atoms with Gasteiger partial charge in [0.25, 0.3) is 5.91 Å². The summed E-state index contributed by atoms with van der Waals surface area (Å²) in [4.78, 5) is 26.1. The molecule has 0 bridgehead atoms. The number of carbonyl (C=O) groups is 1. The first-order valence-corrected chi connectivity index (χ1v) is 12.1. The van der Waals surface area contributed by atoms with Crippen LogP contribution in [0.1, 0.15) is 23.0 Å². The summed E-state index contributed by atoms with van der Waals surface area (Å²) in [5, 5.41) is 2.66. The predicted octanol–water partition coefficient (Wildman–Crippen LogP) is 1.20. The first-order chi connectivity index (χ1) is 14.9. The van der Waals surface area contributed by atoms with Crippen molar-refractivity contribution in [2.45, 2.75) is 18.6 Å². The fraction of sp³-hybridized carbons (Fsp3) is 0.381. The topological polar surface area (TPSA) is 99.9 Å². The first kappa shape index (κ1) is 21.3. The number of piperazine rings is 1. The molecule has 3 aromatic heterocycles. The quantitative estimate of drug-likeness (QED) is 0.612. The molecule has 3 aromatic rings. The number of rotatable bonds is 6. The number of likely N-dealkylation sites (N-methyl/N-ethyl adjacent to an activating group) is 1. The standard InChI is InChI=1S/C21H26N6O3S/c1-3-25-10-12-26(13-11-25)18-8-7-16(14-22-18)15-23-20(28)19-17-6-4-5-9-27(17)21(24-19)31(2,29)30/h4-9,14H,3,10-13,15H2,1-2H3,(H,23,28). The molecule has 1 aliphatic heterocycles. The van der Waals surface area contributed by atoms with Gasteiger partial charge in [-0.1, -0.05) is 19.1 Å². The highest BCUT2D eigenvalue weighted by Crippen LogP contribution is 2.18. The number of pyridine rings is 2. The molecule has 31 heavy (non-hydrogen) atoms. The van der Waals surface area contributed by atoms with Gasteiger partial charge in [-0.25, -0.2) is 18.4 Å². The van der Waals surface area contributed by atoms with Crippen molar-refractivity contribution in [3.63, 3.8) is 0 Å². The molecule has 4 heterocycles. The second-order valence-electron chi connectivity index (χ2n) is 7.60. The minimum absolute atomic E-state index is 0.0828. The van der Waals surface area contributed by atoms with Crippen LogP contribution in [0.4, 0.5) is 5.82 Å². The molecule has 1 aliphatic rings. The number of nitrogens with one attached hydrogen (secondary N) is 1. The normalized spacial score (nSPS) is 15.4. The van der Waals surface area contributed by atoms with Crippen molar-refractivity contribution in [2.24, 2.45) is 0 Å². The van der Waals surface area contributed by atoms with Gasteiger partial charge in [-0.3, -0.25) is 9.20 Å². The Labute approximate surface area is 181 Å². The molecule has 0 atom stereocenters. The maximum absolute atomic E-state index is 12.7. The lowest BCUT2D eigenvalue weighted by molar-refractivity contribution is 0.0947. The fourth-order valence-corrected chi connectivity index (χ4v) is 4.48. The number of sulfone groups is 1. The molecule has 1 fully saturated rings. The highest BCUT2D eigenvalue weighted by molar-refractivity contribution is 7.90. The first-order valence-electron chi connectivity index (χ1n) is 10.2. The molecule has 4 rings (SSSR count). The number of nitrogens with zero attached hydrogens (tertiary/aromatic N) is 5. The summed E-state index contributed by atoms with van der Waals surface area (Å²) in [6.45, 7) is 7.48. The summed E-state index contributed by atoms with van der Waals surface area (Å²) in [5.74, 6) is 0.502. The van der Waals surface area contributed by atoms with Crippen LogP contribution in [0.15, 0.2) is 47.9 Å². The van der Waals surface area contributed by atoms with Gasteiger partial charge in [0, 0.05) is 51.4 Å². The summed E-state index contributed by atoms with van der Waals surface area (Å²) in [6.07, 6.45) is 4.42. The van der Waals surface area contributed by atoms with Crippen LogP contribution in [0.2, 0.25) is 0 Å². The molecular formula is C21H26N6O3S. The van der Waals surface area contributed by atoms with Crippen LogP contribution in [-0.2, 0) is 16.4 Å². The predicted molar refractivity (Wildman–Crippen MR) is 118 cm³/mol. The van der Waals surface area contributed by atoms with E-state index in [1.165, 1.54) is 4.40 Å². The Morgan fingerprint density at radius 1 is 1.13 bits per heavy atom. The maximum Gasteiger partial charge on any atom is 0.272 e. The molecule has 0 spiro atoms. The second-order valence-corrected chi connectivity index (χ2v) is 9.51. The van der Waals surface area contributed by atoms with E-state index in [0.717, 1.165) is 50.4 Å². The van der Waals surface area contributed by atoms with Gasteiger partial charge in [-0.2, -0.15) is 0 Å². The van der Waals surface area contributed by atoms with E-state index in [4.69, 9.17) is 0 Å². The van der Waals surface area contributed by atoms with Crippen molar-refractivity contribution >= 4 is 27.1 Å². The van der Waals surface area contributed by atoms with E-state index in [9.17, 15) is 13.2 Å². The summed E-state index contributed by atoms with van der Waals surface area (Å²) < 4.78 is 25.5. The van der Waals surface area contributed by atoms with E-state index >= 15 is 0 Å². The highest BCUT2D eigenvalue weighted by Gasteiger charge is 2.22. The monoisotopic (exact) mass is 442 g/mol. The number of hydrogen-bond donors (Lipinski definition) is 1. The molecule has 0 aliphatic carbocycles. The van der Waals surface area contributed by atoms with Crippen LogP contribution >= 0.6 is 0 Å². The van der Waals surface area contributed by atoms with Gasteiger partial charge >= 0.3 is 0 Å². The van der Waals surface area contributed by atoms with Crippen LogP contribution in [0.25, 0.3) is 5.52 Å². The molecule has 0 radical (unpaired) electrons. The van der Waals surface area contributed by atoms with Gasteiger partial charge in [0.05, 0.1) is 5.52 Å². The zero-order chi connectivity index (χ0) is 22.0. The second kappa shape index (κ2) is 8.64. The Hall–Kier alpha value is -2.98. The van der Waals surface area contributed by atoms with Crippen molar-refractivity contribution < 1.29 is 13.2 Å². The van der Waals surface area contributed by atoms with Crippen molar-refractivity contribution in [3.05, 3.63) is 54.0 Å². The number of aromatic nitrogens is 3. The lowest BCUT2D eigenvalue weighted by Gasteiger charge is -2.34. The van der Waals surface area contributed by atoms with Gasteiger partial charge in [0.15, 0.2) is 5.69 Å². The minimum Gasteiger partial charge on any atom is -0.354 e. The van der Waals surface area contributed by atoms with Crippen molar-refractivity contribution in [2.75, 3.05) is 43.9 Å². The van der Waals surface area contributed by atoms with E-state index in [0.29, 0.717) is 5.52 Å². The number of amides is 1. The summed E-state index contributed by atoms with van der Waals surface area (Å²) >= 11 is 0. The van der Waals surface area contributed by atoms with E-state index in [2.05, 4.69) is 32.0 Å². The lowest BCUT2D eigenvalue weighted by Crippen LogP contribution is -2.46. The zero-order valence-corrected chi connectivity index (χ0v) is 18.5. The van der Waals surface area contributed by atoms with Gasteiger partial charge < -0.3 is 15.1 Å². The molecule has 0 aromatic carbocycles. The number of hydrogen-bond acceptors (Lipinski definition) is 7. The Balaban J connectivity index is 1.44. The molecule has 0 unspecified atom stereocenters. The smallest absolute Gasteiger partial charge is 0.272 e. The van der Waals surface area contributed by atoms with Crippen LogP contribution in [-0.4, -0.2) is 72.6 Å². The van der Waals surface area contributed by atoms with Gasteiger partial charge in [-0.15, -0.1) is 0 Å². The van der Waals surface area contributed by atoms with Crippen molar-refractivity contribution in [1.82, 2.24) is 24.6 Å². The third-order valence-corrected chi connectivity index (χ3v) is 6.42. The summed E-state index contributed by atoms with van der Waals surface area (Å²) in [6, 6.07) is 9.02. The fourth-order valence-electron chi connectivity index (χ4n) is 3.71. The van der Waals surface area contributed by atoms with E-state index in [1.54, 1.807) is 30.6 Å². The lowest BCUT2D eigenvalue weighted by atomic mass is 10.2. The minimum atomic E-state index is -3.58. The van der Waals surface area contributed by atoms with Crippen LogP contribution < -0.4 is 10.2 Å². The third kappa shape index (κ3) is 4.54. The molecule has 164 valence electrons. The Morgan fingerprint density at radius 2 is 1.90 bits per heavy atom. The Morgan fingerprint density at radius 3 is 2.55 bits per heavy atom. The van der Waals surface area contributed by atoms with E-state index in [-0.39, 0.29) is 17.4 Å². The SMILES string of the molecule is CCN1CCN(c2ccc(CNC(=O)c3nc(S(C)(=O)=O)n4ccccc34)cn2)CC1. The number of fused-ring (bicyclic) bond motifs is 1. The van der Waals surface area contributed by atoms with Crippen LogP contribution in [0.5, 0.6) is 0 Å². The van der Waals surface area contributed by atoms with E-state index < -0.39 is 15.7 Å². The number of imidazole rings is 1. The van der Waals surface area contributed by atoms with Gasteiger partial charge in [-0.05, 0) is 30.3 Å². The van der Waals surface area contributed by atoms with Gasteiger partial charge in [0.1, 0.15) is 5.82 Å². The maximum atomic E-state index is 12.7. The summed E-state index contributed by atoms with van der Waals surface area (Å²) in [5.41, 5.74) is 1.38. The number of carbonyl (C=O) groups excluding carboxylic acids is 1. The zero-order valence-electron chi connectivity index (χ0n) is 17.7. The molecule has 0 saturated carbocycles. The van der Waals surface area contributed by atoms with Crippen LogP contribution in [0, 0.1) is 0 Å². The highest BCUT2D eigenvalue weighted by atomic mass is 32.2. The molecule has 1 N–H and O–H groups in total. The largest absolute Gasteiger partial charge is 0.354 e. The number of anilines is 1. The molecule has 10 heteroatoms. The van der Waals surface area contributed by atoms with Crippen molar-refractivity contribution in [1.29, 1.82) is 0 Å². The molecule has 1 saturated heterocycles. The molecule has 1 amide bonds. The Kier molecular flexibility index (Phi) is 5.92. The molecular weight excluding hydrogens is 416 g/mol. The molecule has 9 nitrogen and oxygen atoms in total.